The van der Waals surface area contributed by atoms with E-state index in [2.05, 4.69) is 4.72 Å². The van der Waals surface area contributed by atoms with E-state index in [9.17, 15) is 13.2 Å². The smallest absolute Gasteiger partial charge is 0.338 e. The number of sulfonamides is 1. The van der Waals surface area contributed by atoms with Gasteiger partial charge < -0.3 is 14.2 Å². The zero-order chi connectivity index (χ0) is 25.0. The molecule has 3 aromatic rings. The summed E-state index contributed by atoms with van der Waals surface area (Å²) in [5.41, 5.74) is 1.14. The van der Waals surface area contributed by atoms with Gasteiger partial charge in [-0.05, 0) is 42.8 Å². The van der Waals surface area contributed by atoms with Crippen LogP contribution in [0.3, 0.4) is 0 Å². The molecule has 0 amide bonds. The summed E-state index contributed by atoms with van der Waals surface area (Å²) in [6.07, 6.45) is 0. The molecule has 0 aromatic heterocycles. The monoisotopic (exact) mass is 543 g/mol. The van der Waals surface area contributed by atoms with Crippen molar-refractivity contribution in [3.63, 3.8) is 0 Å². The van der Waals surface area contributed by atoms with Gasteiger partial charge in [-0.15, -0.1) is 0 Å². The third kappa shape index (κ3) is 5.88. The topological polar surface area (TPSA) is 90.9 Å². The van der Waals surface area contributed by atoms with Crippen LogP contribution in [0.5, 0.6) is 11.5 Å². The molecular formula is C23H20Cl3NO6S. The first-order valence-electron chi connectivity index (χ1n) is 9.71. The van der Waals surface area contributed by atoms with Gasteiger partial charge in [0.15, 0.2) is 0 Å². The van der Waals surface area contributed by atoms with Crippen molar-refractivity contribution in [3.05, 3.63) is 80.3 Å². The van der Waals surface area contributed by atoms with Crippen molar-refractivity contribution in [2.24, 2.45) is 0 Å². The number of rotatable bonds is 8. The Kier molecular flexibility index (Phi) is 8.20. The van der Waals surface area contributed by atoms with Crippen LogP contribution in [0.1, 0.15) is 21.5 Å². The van der Waals surface area contributed by atoms with Crippen LogP contribution >= 0.6 is 34.8 Å². The van der Waals surface area contributed by atoms with E-state index in [1.807, 2.05) is 0 Å². The summed E-state index contributed by atoms with van der Waals surface area (Å²) in [5.74, 6) is -0.186. The van der Waals surface area contributed by atoms with E-state index >= 15 is 0 Å². The Morgan fingerprint density at radius 1 is 0.912 bits per heavy atom. The largest absolute Gasteiger partial charge is 0.495 e. The Balaban J connectivity index is 1.86. The molecule has 0 unspecified atom stereocenters. The van der Waals surface area contributed by atoms with Crippen LogP contribution in [0.4, 0.5) is 5.69 Å². The minimum atomic E-state index is -4.12. The molecule has 3 aromatic carbocycles. The van der Waals surface area contributed by atoms with Gasteiger partial charge >= 0.3 is 5.97 Å². The maximum absolute atomic E-state index is 13.2. The number of hydrogen-bond donors (Lipinski definition) is 1. The quantitative estimate of drug-likeness (QED) is 0.343. The van der Waals surface area contributed by atoms with Gasteiger partial charge in [0.1, 0.15) is 18.1 Å². The number of nitrogens with one attached hydrogen (secondary N) is 1. The van der Waals surface area contributed by atoms with Crippen molar-refractivity contribution in [2.45, 2.75) is 18.4 Å². The molecule has 0 radical (unpaired) electrons. The maximum atomic E-state index is 13.2. The lowest BCUT2D eigenvalue weighted by Crippen LogP contribution is -2.16. The number of esters is 1. The molecule has 0 spiro atoms. The number of aryl methyl sites for hydroxylation is 1. The Hall–Kier alpha value is -2.65. The number of carbonyl (C=O) groups is 1. The zero-order valence-corrected chi connectivity index (χ0v) is 21.4. The molecule has 34 heavy (non-hydrogen) atoms. The van der Waals surface area contributed by atoms with Crippen molar-refractivity contribution in [1.29, 1.82) is 0 Å². The van der Waals surface area contributed by atoms with E-state index in [0.29, 0.717) is 26.9 Å². The summed E-state index contributed by atoms with van der Waals surface area (Å²) in [5, 5.41) is 0.996. The van der Waals surface area contributed by atoms with E-state index in [4.69, 9.17) is 49.0 Å². The summed E-state index contributed by atoms with van der Waals surface area (Å²) in [4.78, 5) is 12.5. The second kappa shape index (κ2) is 10.7. The molecule has 1 N–H and O–H groups in total. The van der Waals surface area contributed by atoms with Gasteiger partial charge in [-0.1, -0.05) is 46.9 Å². The Bertz CT molecular complexity index is 1340. The van der Waals surface area contributed by atoms with Crippen LogP contribution in [-0.2, 0) is 21.4 Å². The molecule has 7 nitrogen and oxygen atoms in total. The highest BCUT2D eigenvalue weighted by molar-refractivity contribution is 7.92. The number of anilines is 1. The van der Waals surface area contributed by atoms with Crippen LogP contribution < -0.4 is 14.2 Å². The third-order valence-electron chi connectivity index (χ3n) is 4.81. The second-order valence-corrected chi connectivity index (χ2v) is 9.99. The Morgan fingerprint density at radius 2 is 1.62 bits per heavy atom. The highest BCUT2D eigenvalue weighted by atomic mass is 35.5. The van der Waals surface area contributed by atoms with E-state index in [1.165, 1.54) is 50.6 Å². The van der Waals surface area contributed by atoms with Gasteiger partial charge in [-0.3, -0.25) is 4.72 Å². The van der Waals surface area contributed by atoms with E-state index in [-0.39, 0.29) is 33.5 Å². The summed E-state index contributed by atoms with van der Waals surface area (Å²) in [6.45, 7) is 1.50. The molecule has 0 atom stereocenters. The molecule has 0 aliphatic rings. The SMILES string of the molecule is COc1cc(OC)c(NS(=O)(=O)c2cc(C(=O)OCc3ccc(Cl)cc3Cl)ccc2C)cc1Cl. The van der Waals surface area contributed by atoms with Crippen molar-refractivity contribution >= 4 is 56.5 Å². The molecule has 11 heteroatoms. The maximum Gasteiger partial charge on any atom is 0.338 e. The highest BCUT2D eigenvalue weighted by Gasteiger charge is 2.22. The lowest BCUT2D eigenvalue weighted by Gasteiger charge is -2.16. The molecule has 3 rings (SSSR count). The molecule has 0 saturated carbocycles. The number of methoxy groups -OCH3 is 2. The molecule has 180 valence electrons. The first kappa shape index (κ1) is 26.0. The molecule has 0 saturated heterocycles. The first-order chi connectivity index (χ1) is 16.1. The van der Waals surface area contributed by atoms with E-state index in [1.54, 1.807) is 19.1 Å². The van der Waals surface area contributed by atoms with Gasteiger partial charge in [-0.2, -0.15) is 0 Å². The van der Waals surface area contributed by atoms with Crippen LogP contribution in [0.15, 0.2) is 53.4 Å². The molecule has 0 aliphatic carbocycles. The van der Waals surface area contributed by atoms with Crippen LogP contribution in [0, 0.1) is 6.92 Å². The van der Waals surface area contributed by atoms with Crippen molar-refractivity contribution < 1.29 is 27.4 Å². The van der Waals surface area contributed by atoms with Gasteiger partial charge in [0, 0.05) is 21.7 Å². The molecule has 0 bridgehead atoms. The summed E-state index contributed by atoms with van der Waals surface area (Å²) in [6, 6.07) is 11.9. The van der Waals surface area contributed by atoms with Crippen molar-refractivity contribution in [2.75, 3.05) is 18.9 Å². The number of ether oxygens (including phenoxy) is 3. The predicted octanol–water partition coefficient (Wildman–Crippen LogP) is 6.13. The highest BCUT2D eigenvalue weighted by Crippen LogP contribution is 2.37. The lowest BCUT2D eigenvalue weighted by molar-refractivity contribution is 0.0472. The minimum absolute atomic E-state index is 0.0517. The molecule has 0 fully saturated rings. The fourth-order valence-electron chi connectivity index (χ4n) is 3.02. The average Bonchev–Trinajstić information content (AvgIpc) is 2.78. The van der Waals surface area contributed by atoms with Gasteiger partial charge in [0.2, 0.25) is 0 Å². The Morgan fingerprint density at radius 3 is 2.26 bits per heavy atom. The molecule has 0 aliphatic heterocycles. The minimum Gasteiger partial charge on any atom is -0.495 e. The summed E-state index contributed by atoms with van der Waals surface area (Å²) < 4.78 is 44.5. The van der Waals surface area contributed by atoms with Crippen LogP contribution in [0.25, 0.3) is 0 Å². The second-order valence-electron chi connectivity index (χ2n) is 7.08. The lowest BCUT2D eigenvalue weighted by atomic mass is 10.1. The van der Waals surface area contributed by atoms with Crippen molar-refractivity contribution in [3.8, 4) is 11.5 Å². The zero-order valence-electron chi connectivity index (χ0n) is 18.3. The molecular weight excluding hydrogens is 525 g/mol. The number of halogens is 3. The van der Waals surface area contributed by atoms with E-state index in [0.717, 1.165) is 0 Å². The van der Waals surface area contributed by atoms with Gasteiger partial charge in [0.25, 0.3) is 10.0 Å². The van der Waals surface area contributed by atoms with E-state index < -0.39 is 16.0 Å². The van der Waals surface area contributed by atoms with Crippen LogP contribution in [0.2, 0.25) is 15.1 Å². The Labute approximate surface area is 212 Å². The average molecular weight is 545 g/mol. The fraction of sp³-hybridized carbons (Fsp3) is 0.174. The van der Waals surface area contributed by atoms with Gasteiger partial charge in [0.05, 0.1) is 35.4 Å². The fourth-order valence-corrected chi connectivity index (χ4v) is 5.06. The first-order valence-corrected chi connectivity index (χ1v) is 12.3. The van der Waals surface area contributed by atoms with Crippen molar-refractivity contribution in [1.82, 2.24) is 0 Å². The molecule has 0 heterocycles. The standard InChI is InChI=1S/C23H20Cl3NO6S/c1-13-4-5-14(23(28)33-12-15-6-7-16(24)9-17(15)25)8-22(13)34(29,30)27-19-10-18(26)20(31-2)11-21(19)32-3/h4-11,27H,12H2,1-3H3. The number of hydrogen-bond acceptors (Lipinski definition) is 6. The summed E-state index contributed by atoms with van der Waals surface area (Å²) >= 11 is 18.1. The van der Waals surface area contributed by atoms with Crippen LogP contribution in [-0.4, -0.2) is 28.6 Å². The normalized spacial score (nSPS) is 11.1. The number of carbonyl (C=O) groups excluding carboxylic acids is 1. The van der Waals surface area contributed by atoms with Gasteiger partial charge in [-0.25, -0.2) is 13.2 Å². The predicted molar refractivity (Wildman–Crippen MR) is 132 cm³/mol. The third-order valence-corrected chi connectivity index (χ3v) is 7.20. The number of benzene rings is 3. The summed E-state index contributed by atoms with van der Waals surface area (Å²) in [7, 11) is -1.31.